The molecule has 116 valence electrons. The van der Waals surface area contributed by atoms with Crippen LogP contribution in [0.1, 0.15) is 24.5 Å². The summed E-state index contributed by atoms with van der Waals surface area (Å²) < 4.78 is 0. The Bertz CT molecular complexity index is 574. The Balaban J connectivity index is 1.63. The fraction of sp³-hybridized carbons (Fsp3) is 0.467. The van der Waals surface area contributed by atoms with E-state index in [0.717, 1.165) is 38.2 Å². The van der Waals surface area contributed by atoms with Gasteiger partial charge < -0.3 is 15.3 Å². The molecule has 2 aromatic rings. The number of hydrogen-bond acceptors (Lipinski definition) is 7. The highest BCUT2D eigenvalue weighted by Crippen LogP contribution is 2.25. The van der Waals surface area contributed by atoms with Crippen LogP contribution < -0.4 is 5.32 Å². The second-order valence-electron chi connectivity index (χ2n) is 5.39. The van der Waals surface area contributed by atoms with Crippen molar-refractivity contribution in [2.24, 2.45) is 0 Å². The third kappa shape index (κ3) is 3.75. The SMILES string of the molecule is OCCN1CCC[C@H](c2cnc(Nc3ncccn3)cn2)C1. The molecule has 0 spiro atoms. The fourth-order valence-electron chi connectivity index (χ4n) is 2.73. The number of anilines is 2. The maximum absolute atomic E-state index is 9.06. The number of nitrogens with one attached hydrogen (secondary N) is 1. The largest absolute Gasteiger partial charge is 0.395 e. The monoisotopic (exact) mass is 300 g/mol. The molecule has 1 atom stereocenters. The van der Waals surface area contributed by atoms with Gasteiger partial charge in [0.1, 0.15) is 0 Å². The van der Waals surface area contributed by atoms with Gasteiger partial charge in [0.25, 0.3) is 0 Å². The van der Waals surface area contributed by atoms with Crippen molar-refractivity contribution >= 4 is 11.8 Å². The summed E-state index contributed by atoms with van der Waals surface area (Å²) in [5.74, 6) is 1.53. The van der Waals surface area contributed by atoms with Gasteiger partial charge in [-0.2, -0.15) is 0 Å². The highest BCUT2D eigenvalue weighted by Gasteiger charge is 2.22. The van der Waals surface area contributed by atoms with Crippen LogP contribution in [-0.4, -0.2) is 56.2 Å². The van der Waals surface area contributed by atoms with Crippen LogP contribution in [0.2, 0.25) is 0 Å². The van der Waals surface area contributed by atoms with Gasteiger partial charge in [0.15, 0.2) is 5.82 Å². The van der Waals surface area contributed by atoms with Crippen LogP contribution in [0.3, 0.4) is 0 Å². The zero-order chi connectivity index (χ0) is 15.2. The Kier molecular flexibility index (Phi) is 4.87. The maximum atomic E-state index is 9.06. The average molecular weight is 300 g/mol. The van der Waals surface area contributed by atoms with Crippen molar-refractivity contribution in [3.05, 3.63) is 36.5 Å². The summed E-state index contributed by atoms with van der Waals surface area (Å²) in [4.78, 5) is 19.4. The normalized spacial score (nSPS) is 19.0. The summed E-state index contributed by atoms with van der Waals surface area (Å²) in [6.07, 6.45) is 9.13. The first kappa shape index (κ1) is 14.8. The van der Waals surface area contributed by atoms with Gasteiger partial charge in [-0.15, -0.1) is 0 Å². The van der Waals surface area contributed by atoms with Crippen molar-refractivity contribution in [2.45, 2.75) is 18.8 Å². The minimum Gasteiger partial charge on any atom is -0.395 e. The molecule has 0 radical (unpaired) electrons. The molecule has 1 saturated heterocycles. The van der Waals surface area contributed by atoms with Crippen molar-refractivity contribution < 1.29 is 5.11 Å². The lowest BCUT2D eigenvalue weighted by Crippen LogP contribution is -2.36. The van der Waals surface area contributed by atoms with E-state index in [9.17, 15) is 0 Å². The van der Waals surface area contributed by atoms with Crippen LogP contribution in [0.15, 0.2) is 30.9 Å². The summed E-state index contributed by atoms with van der Waals surface area (Å²) in [5, 5.41) is 12.1. The predicted octanol–water partition coefficient (Wildman–Crippen LogP) is 1.18. The Hall–Kier alpha value is -2.12. The zero-order valence-corrected chi connectivity index (χ0v) is 12.4. The van der Waals surface area contributed by atoms with Crippen LogP contribution in [0.4, 0.5) is 11.8 Å². The van der Waals surface area contributed by atoms with Crippen LogP contribution in [0.25, 0.3) is 0 Å². The number of aliphatic hydroxyl groups excluding tert-OH is 1. The van der Waals surface area contributed by atoms with Gasteiger partial charge in [0.2, 0.25) is 5.95 Å². The van der Waals surface area contributed by atoms with Gasteiger partial charge in [-0.3, -0.25) is 4.98 Å². The minimum atomic E-state index is 0.207. The van der Waals surface area contributed by atoms with Crippen molar-refractivity contribution in [3.63, 3.8) is 0 Å². The Morgan fingerprint density at radius 3 is 2.77 bits per heavy atom. The molecule has 0 saturated carbocycles. The van der Waals surface area contributed by atoms with E-state index in [1.807, 2.05) is 6.20 Å². The number of aliphatic hydroxyl groups is 1. The van der Waals surface area contributed by atoms with Crippen LogP contribution in [0, 0.1) is 0 Å². The number of hydrogen-bond donors (Lipinski definition) is 2. The molecule has 0 bridgehead atoms. The number of nitrogens with zero attached hydrogens (tertiary/aromatic N) is 5. The lowest BCUT2D eigenvalue weighted by atomic mass is 9.95. The molecular formula is C15H20N6O. The summed E-state index contributed by atoms with van der Waals surface area (Å²) in [7, 11) is 0. The first-order chi connectivity index (χ1) is 10.8. The second-order valence-corrected chi connectivity index (χ2v) is 5.39. The summed E-state index contributed by atoms with van der Waals surface area (Å²) in [6, 6.07) is 1.77. The molecule has 2 N–H and O–H groups in total. The van der Waals surface area contributed by atoms with Crippen molar-refractivity contribution in [1.82, 2.24) is 24.8 Å². The average Bonchev–Trinajstić information content (AvgIpc) is 2.57. The molecule has 0 aromatic carbocycles. The van der Waals surface area contributed by atoms with Gasteiger partial charge >= 0.3 is 0 Å². The highest BCUT2D eigenvalue weighted by atomic mass is 16.3. The van der Waals surface area contributed by atoms with Crippen LogP contribution >= 0.6 is 0 Å². The number of rotatable bonds is 5. The number of likely N-dealkylation sites (tertiary alicyclic amines) is 1. The summed E-state index contributed by atoms with van der Waals surface area (Å²) >= 11 is 0. The van der Waals surface area contributed by atoms with Gasteiger partial charge in [-0.25, -0.2) is 15.0 Å². The second kappa shape index (κ2) is 7.24. The van der Waals surface area contributed by atoms with Crippen LogP contribution in [-0.2, 0) is 0 Å². The standard InChI is InChI=1S/C15H20N6O/c22-8-7-21-6-1-3-12(11-21)13-9-19-14(10-18-13)20-15-16-4-2-5-17-15/h2,4-5,9-10,12,22H,1,3,6-8,11H2,(H,16,17,19,20)/t12-/m0/s1. The lowest BCUT2D eigenvalue weighted by Gasteiger charge is -2.31. The zero-order valence-electron chi connectivity index (χ0n) is 12.4. The molecule has 1 fully saturated rings. The lowest BCUT2D eigenvalue weighted by molar-refractivity contribution is 0.160. The topological polar surface area (TPSA) is 87.1 Å². The van der Waals surface area contributed by atoms with E-state index in [4.69, 9.17) is 5.11 Å². The predicted molar refractivity (Wildman–Crippen MR) is 82.8 cm³/mol. The van der Waals surface area contributed by atoms with E-state index in [-0.39, 0.29) is 6.61 Å². The molecule has 0 aliphatic carbocycles. The maximum Gasteiger partial charge on any atom is 0.228 e. The molecule has 0 amide bonds. The number of aromatic nitrogens is 4. The first-order valence-corrected chi connectivity index (χ1v) is 7.54. The fourth-order valence-corrected chi connectivity index (χ4v) is 2.73. The third-order valence-corrected chi connectivity index (χ3v) is 3.82. The molecular weight excluding hydrogens is 280 g/mol. The molecule has 3 rings (SSSR count). The number of β-amino-alcohol motifs (C(OH)–C–C–N with tert-alkyl or cyclic N) is 1. The minimum absolute atomic E-state index is 0.207. The van der Waals surface area contributed by atoms with Gasteiger partial charge in [-0.1, -0.05) is 0 Å². The van der Waals surface area contributed by atoms with Gasteiger partial charge in [-0.05, 0) is 25.5 Å². The molecule has 7 heteroatoms. The molecule has 22 heavy (non-hydrogen) atoms. The molecule has 2 aromatic heterocycles. The van der Waals surface area contributed by atoms with Crippen molar-refractivity contribution in [2.75, 3.05) is 31.6 Å². The Morgan fingerprint density at radius 1 is 1.18 bits per heavy atom. The van der Waals surface area contributed by atoms with Crippen molar-refractivity contribution in [3.8, 4) is 0 Å². The van der Waals surface area contributed by atoms with E-state index in [0.29, 0.717) is 17.7 Å². The Morgan fingerprint density at radius 2 is 2.05 bits per heavy atom. The molecule has 3 heterocycles. The molecule has 0 unspecified atom stereocenters. The van der Waals surface area contributed by atoms with E-state index in [2.05, 4.69) is 30.2 Å². The molecule has 1 aliphatic heterocycles. The van der Waals surface area contributed by atoms with Gasteiger partial charge in [0, 0.05) is 31.4 Å². The first-order valence-electron chi connectivity index (χ1n) is 7.54. The van der Waals surface area contributed by atoms with Gasteiger partial charge in [0.05, 0.1) is 24.7 Å². The van der Waals surface area contributed by atoms with E-state index >= 15 is 0 Å². The Labute approximate surface area is 129 Å². The van der Waals surface area contributed by atoms with E-state index in [1.54, 1.807) is 24.7 Å². The smallest absolute Gasteiger partial charge is 0.228 e. The molecule has 7 nitrogen and oxygen atoms in total. The quantitative estimate of drug-likeness (QED) is 0.857. The number of piperidine rings is 1. The van der Waals surface area contributed by atoms with E-state index in [1.165, 1.54) is 0 Å². The summed E-state index contributed by atoms with van der Waals surface area (Å²) in [6.45, 7) is 2.92. The summed E-state index contributed by atoms with van der Waals surface area (Å²) in [5.41, 5.74) is 1.00. The third-order valence-electron chi connectivity index (χ3n) is 3.82. The van der Waals surface area contributed by atoms with E-state index < -0.39 is 0 Å². The van der Waals surface area contributed by atoms with Crippen molar-refractivity contribution in [1.29, 1.82) is 0 Å². The van der Waals surface area contributed by atoms with Crippen LogP contribution in [0.5, 0.6) is 0 Å². The highest BCUT2D eigenvalue weighted by molar-refractivity contribution is 5.45. The molecule has 1 aliphatic rings.